The van der Waals surface area contributed by atoms with E-state index in [-0.39, 0.29) is 23.7 Å². The second kappa shape index (κ2) is 9.00. The highest BCUT2D eigenvalue weighted by Gasteiger charge is 2.32. The van der Waals surface area contributed by atoms with E-state index in [1.54, 1.807) is 12.1 Å². The van der Waals surface area contributed by atoms with Gasteiger partial charge in [-0.15, -0.1) is 0 Å². The van der Waals surface area contributed by atoms with E-state index in [1.807, 2.05) is 48.7 Å². The number of pyridine rings is 1. The molecule has 0 radical (unpaired) electrons. The van der Waals surface area contributed by atoms with E-state index < -0.39 is 0 Å². The van der Waals surface area contributed by atoms with Crippen molar-refractivity contribution in [2.24, 2.45) is 5.92 Å². The molecule has 162 valence electrons. The number of hydrogen-bond acceptors (Lipinski definition) is 3. The molecule has 0 N–H and O–H groups in total. The maximum absolute atomic E-state index is 13.4. The number of aromatic nitrogens is 3. The summed E-state index contributed by atoms with van der Waals surface area (Å²) in [7, 11) is 0. The second-order valence-corrected chi connectivity index (χ2v) is 8.55. The lowest BCUT2D eigenvalue weighted by Crippen LogP contribution is -2.42. The Kier molecular flexibility index (Phi) is 6.16. The molecule has 1 fully saturated rings. The first-order chi connectivity index (χ1) is 14.9. The zero-order valence-electron chi connectivity index (χ0n) is 18.4. The summed E-state index contributed by atoms with van der Waals surface area (Å²) in [5.41, 5.74) is 4.71. The number of aryl methyl sites for hydroxylation is 2. The number of likely N-dealkylation sites (tertiary alicyclic amines) is 1. The summed E-state index contributed by atoms with van der Waals surface area (Å²) < 4.78 is 15.2. The van der Waals surface area contributed by atoms with Gasteiger partial charge in [0.2, 0.25) is 5.91 Å². The van der Waals surface area contributed by atoms with Crippen LogP contribution < -0.4 is 0 Å². The van der Waals surface area contributed by atoms with E-state index in [1.165, 1.54) is 12.1 Å². The fourth-order valence-electron chi connectivity index (χ4n) is 4.38. The number of piperidine rings is 1. The van der Waals surface area contributed by atoms with Crippen molar-refractivity contribution in [3.63, 3.8) is 0 Å². The van der Waals surface area contributed by atoms with Gasteiger partial charge in [-0.2, -0.15) is 5.10 Å². The Morgan fingerprint density at radius 1 is 1.10 bits per heavy atom. The smallest absolute Gasteiger partial charge is 0.227 e. The van der Waals surface area contributed by atoms with Gasteiger partial charge in [0.15, 0.2) is 0 Å². The topological polar surface area (TPSA) is 51.0 Å². The molecule has 0 saturated carbocycles. The lowest BCUT2D eigenvalue weighted by atomic mass is 9.94. The molecule has 4 rings (SSSR count). The summed E-state index contributed by atoms with van der Waals surface area (Å²) in [4.78, 5) is 20.2. The molecule has 0 bridgehead atoms. The van der Waals surface area contributed by atoms with Gasteiger partial charge in [-0.3, -0.25) is 14.5 Å². The number of halogens is 1. The maximum atomic E-state index is 13.4. The van der Waals surface area contributed by atoms with Crippen LogP contribution in [0.1, 0.15) is 49.3 Å². The summed E-state index contributed by atoms with van der Waals surface area (Å²) in [5, 5.41) is 4.43. The summed E-state index contributed by atoms with van der Waals surface area (Å²) in [5.74, 6) is -0.272. The van der Waals surface area contributed by atoms with Gasteiger partial charge < -0.3 is 4.90 Å². The fourth-order valence-corrected chi connectivity index (χ4v) is 4.38. The third-order valence-electron chi connectivity index (χ3n) is 5.93. The zero-order chi connectivity index (χ0) is 22.0. The van der Waals surface area contributed by atoms with Crippen LogP contribution in [0.15, 0.2) is 48.7 Å². The Morgan fingerprint density at radius 2 is 1.87 bits per heavy atom. The Bertz CT molecular complexity index is 1060. The van der Waals surface area contributed by atoms with Gasteiger partial charge in [0.25, 0.3) is 0 Å². The van der Waals surface area contributed by atoms with Crippen LogP contribution in [0, 0.1) is 25.6 Å². The van der Waals surface area contributed by atoms with E-state index in [9.17, 15) is 9.18 Å². The minimum Gasteiger partial charge on any atom is -0.334 e. The van der Waals surface area contributed by atoms with E-state index in [0.29, 0.717) is 6.54 Å². The monoisotopic (exact) mass is 420 g/mol. The van der Waals surface area contributed by atoms with Gasteiger partial charge in [-0.05, 0) is 74.6 Å². The quantitative estimate of drug-likeness (QED) is 0.578. The summed E-state index contributed by atoms with van der Waals surface area (Å²) >= 11 is 0. The largest absolute Gasteiger partial charge is 0.334 e. The van der Waals surface area contributed by atoms with Crippen molar-refractivity contribution >= 4 is 5.91 Å². The third kappa shape index (κ3) is 4.84. The van der Waals surface area contributed by atoms with Gasteiger partial charge in [-0.25, -0.2) is 4.39 Å². The molecule has 3 heterocycles. The zero-order valence-corrected chi connectivity index (χ0v) is 18.4. The normalized spacial score (nSPS) is 17.5. The van der Waals surface area contributed by atoms with Crippen molar-refractivity contribution in [1.82, 2.24) is 19.7 Å². The number of carbonyl (C=O) groups excluding carboxylic acids is 1. The van der Waals surface area contributed by atoms with Crippen molar-refractivity contribution in [3.05, 3.63) is 71.6 Å². The van der Waals surface area contributed by atoms with Crippen LogP contribution in [-0.4, -0.2) is 32.1 Å². The van der Waals surface area contributed by atoms with E-state index >= 15 is 0 Å². The number of hydrogen-bond donors (Lipinski definition) is 0. The molecule has 1 aliphatic heterocycles. The van der Waals surface area contributed by atoms with Crippen molar-refractivity contribution in [1.29, 1.82) is 0 Å². The molecule has 5 nitrogen and oxygen atoms in total. The third-order valence-corrected chi connectivity index (χ3v) is 5.93. The standard InChI is InChI=1S/C25H29FN4O/c1-17(16-29-13-11-18(2)28-29)25(31)30-12-5-4-6-24(30)23-15-21(14-19(3)27-23)20-7-9-22(26)10-8-20/h7-11,13-15,17,24H,4-6,12,16H2,1-3H3/t17-,24-/m1/s1. The number of benzene rings is 1. The van der Waals surface area contributed by atoms with Crippen LogP contribution in [0.5, 0.6) is 0 Å². The van der Waals surface area contributed by atoms with Crippen molar-refractivity contribution < 1.29 is 9.18 Å². The Hall–Kier alpha value is -3.02. The van der Waals surface area contributed by atoms with Crippen LogP contribution in [0.4, 0.5) is 4.39 Å². The number of nitrogens with zero attached hydrogens (tertiary/aromatic N) is 4. The van der Waals surface area contributed by atoms with Crippen LogP contribution in [0.2, 0.25) is 0 Å². The highest BCUT2D eigenvalue weighted by Crippen LogP contribution is 2.33. The summed E-state index contributed by atoms with van der Waals surface area (Å²) in [6.07, 6.45) is 4.90. The lowest BCUT2D eigenvalue weighted by Gasteiger charge is -2.37. The molecule has 1 aromatic carbocycles. The summed E-state index contributed by atoms with van der Waals surface area (Å²) in [6, 6.07) is 12.5. The highest BCUT2D eigenvalue weighted by atomic mass is 19.1. The molecule has 0 unspecified atom stereocenters. The fraction of sp³-hybridized carbons (Fsp3) is 0.400. The first-order valence-corrected chi connectivity index (χ1v) is 11.0. The second-order valence-electron chi connectivity index (χ2n) is 8.55. The number of rotatable bonds is 5. The molecule has 6 heteroatoms. The molecule has 1 saturated heterocycles. The molecule has 1 amide bonds. The van der Waals surface area contributed by atoms with Gasteiger partial charge in [0, 0.05) is 18.4 Å². The van der Waals surface area contributed by atoms with Crippen LogP contribution in [0.25, 0.3) is 11.1 Å². The predicted octanol–water partition coefficient (Wildman–Crippen LogP) is 5.09. The molecule has 3 aromatic rings. The van der Waals surface area contributed by atoms with Crippen LogP contribution in [0.3, 0.4) is 0 Å². The molecule has 0 aliphatic carbocycles. The minimum absolute atomic E-state index is 0.0397. The van der Waals surface area contributed by atoms with E-state index in [2.05, 4.69) is 11.2 Å². The van der Waals surface area contributed by atoms with Gasteiger partial charge in [0.1, 0.15) is 5.82 Å². The highest BCUT2D eigenvalue weighted by molar-refractivity contribution is 5.79. The number of amides is 1. The van der Waals surface area contributed by atoms with Gasteiger partial charge in [0.05, 0.1) is 29.9 Å². The Labute approximate surface area is 182 Å². The number of carbonyl (C=O) groups is 1. The first-order valence-electron chi connectivity index (χ1n) is 11.0. The predicted molar refractivity (Wildman–Crippen MR) is 119 cm³/mol. The first kappa shape index (κ1) is 21.2. The average molecular weight is 421 g/mol. The molecular formula is C25H29FN4O. The average Bonchev–Trinajstić information content (AvgIpc) is 3.17. The molecule has 2 atom stereocenters. The SMILES string of the molecule is Cc1cc(-c2ccc(F)cc2)cc([C@H]2CCCCN2C(=O)[C@H](C)Cn2ccc(C)n2)n1. The van der Waals surface area contributed by atoms with Gasteiger partial charge >= 0.3 is 0 Å². The van der Waals surface area contributed by atoms with Crippen LogP contribution >= 0.6 is 0 Å². The van der Waals surface area contributed by atoms with E-state index in [0.717, 1.165) is 54.0 Å². The molecule has 31 heavy (non-hydrogen) atoms. The molecular weight excluding hydrogens is 391 g/mol. The van der Waals surface area contributed by atoms with Gasteiger partial charge in [-0.1, -0.05) is 19.1 Å². The maximum Gasteiger partial charge on any atom is 0.227 e. The van der Waals surface area contributed by atoms with Crippen LogP contribution in [-0.2, 0) is 11.3 Å². The molecule has 2 aromatic heterocycles. The van der Waals surface area contributed by atoms with Crippen molar-refractivity contribution in [3.8, 4) is 11.1 Å². The lowest BCUT2D eigenvalue weighted by molar-refractivity contribution is -0.139. The van der Waals surface area contributed by atoms with Crippen molar-refractivity contribution in [2.75, 3.05) is 6.54 Å². The Balaban J connectivity index is 1.59. The van der Waals surface area contributed by atoms with E-state index in [4.69, 9.17) is 4.98 Å². The molecule has 1 aliphatic rings. The minimum atomic E-state index is -0.250. The molecule has 0 spiro atoms. The summed E-state index contributed by atoms with van der Waals surface area (Å²) in [6.45, 7) is 7.20. The Morgan fingerprint density at radius 3 is 2.58 bits per heavy atom. The van der Waals surface area contributed by atoms with Crippen molar-refractivity contribution in [2.45, 2.75) is 52.6 Å².